The van der Waals surface area contributed by atoms with E-state index in [0.717, 1.165) is 31.1 Å². The molecule has 18 heavy (non-hydrogen) atoms. The van der Waals surface area contributed by atoms with Crippen LogP contribution in [0.25, 0.3) is 0 Å². The van der Waals surface area contributed by atoms with E-state index < -0.39 is 0 Å². The molecule has 1 aromatic rings. The summed E-state index contributed by atoms with van der Waals surface area (Å²) in [4.78, 5) is 0. The second-order valence-electron chi connectivity index (χ2n) is 5.13. The van der Waals surface area contributed by atoms with Crippen LogP contribution in [-0.2, 0) is 6.54 Å². The quantitative estimate of drug-likeness (QED) is 0.774. The Morgan fingerprint density at radius 1 is 1.39 bits per heavy atom. The van der Waals surface area contributed by atoms with Crippen molar-refractivity contribution in [2.24, 2.45) is 5.92 Å². The highest BCUT2D eigenvalue weighted by atomic mass is 16.5. The number of methoxy groups -OCH3 is 1. The maximum absolute atomic E-state index is 5.44. The van der Waals surface area contributed by atoms with E-state index in [1.165, 1.54) is 12.1 Å². The van der Waals surface area contributed by atoms with Crippen molar-refractivity contribution in [2.45, 2.75) is 52.6 Å². The van der Waals surface area contributed by atoms with E-state index in [1.54, 1.807) is 7.11 Å². The van der Waals surface area contributed by atoms with E-state index in [2.05, 4.69) is 35.9 Å². The molecule has 1 heterocycles. The van der Waals surface area contributed by atoms with E-state index in [4.69, 9.17) is 4.74 Å². The van der Waals surface area contributed by atoms with Gasteiger partial charge in [0.1, 0.15) is 0 Å². The summed E-state index contributed by atoms with van der Waals surface area (Å²) in [5.41, 5.74) is 1.18. The predicted octanol–water partition coefficient (Wildman–Crippen LogP) is 3.00. The first-order chi connectivity index (χ1) is 8.63. The molecule has 1 N–H and O–H groups in total. The Bertz CT molecular complexity index is 347. The first-order valence-electron chi connectivity index (χ1n) is 6.90. The van der Waals surface area contributed by atoms with Crippen molar-refractivity contribution in [3.8, 4) is 5.75 Å². The van der Waals surface area contributed by atoms with Gasteiger partial charge < -0.3 is 10.1 Å². The lowest BCUT2D eigenvalue weighted by atomic mass is 10.0. The van der Waals surface area contributed by atoms with Crippen LogP contribution in [-0.4, -0.2) is 23.9 Å². The molecule has 0 amide bonds. The van der Waals surface area contributed by atoms with Gasteiger partial charge in [-0.15, -0.1) is 0 Å². The molecule has 0 radical (unpaired) electrons. The fourth-order valence-electron chi connectivity index (χ4n) is 2.19. The third-order valence-corrected chi connectivity index (χ3v) is 3.21. The van der Waals surface area contributed by atoms with Gasteiger partial charge in [0, 0.05) is 6.54 Å². The number of nitrogens with one attached hydrogen (secondary N) is 1. The normalized spacial score (nSPS) is 13.0. The average Bonchev–Trinajstić information content (AvgIpc) is 2.74. The Morgan fingerprint density at radius 2 is 2.11 bits per heavy atom. The largest absolute Gasteiger partial charge is 0.493 e. The Morgan fingerprint density at radius 3 is 2.61 bits per heavy atom. The van der Waals surface area contributed by atoms with Crippen LogP contribution in [0.4, 0.5) is 0 Å². The van der Waals surface area contributed by atoms with E-state index in [1.807, 2.05) is 13.2 Å². The van der Waals surface area contributed by atoms with Gasteiger partial charge in [-0.25, -0.2) is 0 Å². The van der Waals surface area contributed by atoms with Gasteiger partial charge in [0.2, 0.25) is 0 Å². The van der Waals surface area contributed by atoms with Gasteiger partial charge >= 0.3 is 0 Å². The third-order valence-electron chi connectivity index (χ3n) is 3.21. The monoisotopic (exact) mass is 253 g/mol. The summed E-state index contributed by atoms with van der Waals surface area (Å²) in [5, 5.41) is 7.82. The molecule has 1 aromatic heterocycles. The number of rotatable bonds is 8. The van der Waals surface area contributed by atoms with Crippen LogP contribution in [0.3, 0.4) is 0 Å². The van der Waals surface area contributed by atoms with Crippen molar-refractivity contribution in [2.75, 3.05) is 14.2 Å². The number of aromatic nitrogens is 2. The zero-order valence-electron chi connectivity index (χ0n) is 12.4. The lowest BCUT2D eigenvalue weighted by molar-refractivity contribution is 0.380. The lowest BCUT2D eigenvalue weighted by Crippen LogP contribution is -2.21. The molecule has 0 bridgehead atoms. The Hall–Kier alpha value is -1.03. The molecule has 0 saturated heterocycles. The first kappa shape index (κ1) is 15.0. The summed E-state index contributed by atoms with van der Waals surface area (Å²) in [6.45, 7) is 7.62. The second-order valence-corrected chi connectivity index (χ2v) is 5.13. The number of ether oxygens (including phenoxy) is 1. The van der Waals surface area contributed by atoms with Gasteiger partial charge in [0.25, 0.3) is 0 Å². The van der Waals surface area contributed by atoms with Crippen molar-refractivity contribution in [3.63, 3.8) is 0 Å². The van der Waals surface area contributed by atoms with Crippen LogP contribution in [0.1, 0.15) is 51.8 Å². The van der Waals surface area contributed by atoms with Crippen molar-refractivity contribution < 1.29 is 4.74 Å². The standard InChI is InChI=1S/C14H27N3O/c1-6-9-17-14(13(18-5)10-16-17)12(15-4)8-7-11(2)3/h10-12,15H,6-9H2,1-5H3. The minimum Gasteiger partial charge on any atom is -0.493 e. The van der Waals surface area contributed by atoms with Gasteiger partial charge in [-0.3, -0.25) is 4.68 Å². The lowest BCUT2D eigenvalue weighted by Gasteiger charge is -2.20. The highest BCUT2D eigenvalue weighted by Crippen LogP contribution is 2.29. The van der Waals surface area contributed by atoms with Crippen LogP contribution < -0.4 is 10.1 Å². The summed E-state index contributed by atoms with van der Waals surface area (Å²) >= 11 is 0. The summed E-state index contributed by atoms with van der Waals surface area (Å²) in [6.07, 6.45) is 5.22. The van der Waals surface area contributed by atoms with Gasteiger partial charge in [-0.1, -0.05) is 20.8 Å². The molecular weight excluding hydrogens is 226 g/mol. The zero-order valence-corrected chi connectivity index (χ0v) is 12.4. The van der Waals surface area contributed by atoms with Crippen molar-refractivity contribution in [3.05, 3.63) is 11.9 Å². The number of hydrogen-bond acceptors (Lipinski definition) is 3. The van der Waals surface area contributed by atoms with Gasteiger partial charge in [-0.05, 0) is 32.2 Å². The Balaban J connectivity index is 2.90. The first-order valence-corrected chi connectivity index (χ1v) is 6.90. The predicted molar refractivity (Wildman–Crippen MR) is 74.9 cm³/mol. The van der Waals surface area contributed by atoms with E-state index in [-0.39, 0.29) is 0 Å². The fourth-order valence-corrected chi connectivity index (χ4v) is 2.19. The van der Waals surface area contributed by atoms with Crippen LogP contribution in [0, 0.1) is 5.92 Å². The average molecular weight is 253 g/mol. The van der Waals surface area contributed by atoms with Crippen molar-refractivity contribution in [1.29, 1.82) is 0 Å². The highest BCUT2D eigenvalue weighted by Gasteiger charge is 2.20. The smallest absolute Gasteiger partial charge is 0.161 e. The van der Waals surface area contributed by atoms with E-state index in [0.29, 0.717) is 6.04 Å². The molecule has 1 atom stereocenters. The molecular formula is C14H27N3O. The molecule has 0 saturated carbocycles. The molecule has 4 nitrogen and oxygen atoms in total. The zero-order chi connectivity index (χ0) is 13.5. The van der Waals surface area contributed by atoms with Crippen LogP contribution in [0.15, 0.2) is 6.20 Å². The number of hydrogen-bond donors (Lipinski definition) is 1. The van der Waals surface area contributed by atoms with E-state index in [9.17, 15) is 0 Å². The molecule has 0 aliphatic carbocycles. The molecule has 4 heteroatoms. The molecule has 1 unspecified atom stereocenters. The summed E-state index contributed by atoms with van der Waals surface area (Å²) in [7, 11) is 3.72. The summed E-state index contributed by atoms with van der Waals surface area (Å²) in [6, 6.07) is 0.316. The molecule has 0 spiro atoms. The molecule has 0 fully saturated rings. The minimum atomic E-state index is 0.316. The topological polar surface area (TPSA) is 39.1 Å². The van der Waals surface area contributed by atoms with Crippen molar-refractivity contribution in [1.82, 2.24) is 15.1 Å². The fraction of sp³-hybridized carbons (Fsp3) is 0.786. The molecule has 0 aliphatic rings. The highest BCUT2D eigenvalue weighted by molar-refractivity contribution is 5.28. The van der Waals surface area contributed by atoms with Crippen LogP contribution in [0.2, 0.25) is 0 Å². The van der Waals surface area contributed by atoms with Gasteiger partial charge in [-0.2, -0.15) is 5.10 Å². The van der Waals surface area contributed by atoms with Gasteiger partial charge in [0.15, 0.2) is 5.75 Å². The second kappa shape index (κ2) is 7.41. The van der Waals surface area contributed by atoms with Crippen LogP contribution in [0.5, 0.6) is 5.75 Å². The minimum absolute atomic E-state index is 0.316. The van der Waals surface area contributed by atoms with Crippen molar-refractivity contribution >= 4 is 0 Å². The Kier molecular flexibility index (Phi) is 6.19. The van der Waals surface area contributed by atoms with E-state index >= 15 is 0 Å². The number of aryl methyl sites for hydroxylation is 1. The summed E-state index contributed by atoms with van der Waals surface area (Å²) < 4.78 is 7.51. The SMILES string of the molecule is CCCn1ncc(OC)c1C(CCC(C)C)NC. The van der Waals surface area contributed by atoms with Crippen LogP contribution >= 0.6 is 0 Å². The maximum Gasteiger partial charge on any atom is 0.161 e. The number of nitrogens with zero attached hydrogens (tertiary/aromatic N) is 2. The molecule has 0 aliphatic heterocycles. The third kappa shape index (κ3) is 3.73. The molecule has 1 rings (SSSR count). The maximum atomic E-state index is 5.44. The Labute approximate surface area is 111 Å². The summed E-state index contributed by atoms with van der Waals surface area (Å²) in [5.74, 6) is 1.61. The molecule has 0 aromatic carbocycles. The molecule has 104 valence electrons. The van der Waals surface area contributed by atoms with Gasteiger partial charge in [0.05, 0.1) is 25.0 Å².